The van der Waals surface area contributed by atoms with Gasteiger partial charge in [-0.15, -0.1) is 0 Å². The Bertz CT molecular complexity index is 440. The van der Waals surface area contributed by atoms with Crippen molar-refractivity contribution in [1.29, 1.82) is 0 Å². The van der Waals surface area contributed by atoms with E-state index in [1.165, 1.54) is 0 Å². The standard InChI is InChI=1S/C10H10N2O/c1-13-10-6-9-7(5-8(10)11)3-2-4-12-9/h2-6H,11H2,1H3. The Morgan fingerprint density at radius 2 is 2.23 bits per heavy atom. The van der Waals surface area contributed by atoms with Gasteiger partial charge < -0.3 is 10.5 Å². The van der Waals surface area contributed by atoms with E-state index in [-0.39, 0.29) is 0 Å². The van der Waals surface area contributed by atoms with Gasteiger partial charge in [0.25, 0.3) is 0 Å². The van der Waals surface area contributed by atoms with Crippen LogP contribution in [0.15, 0.2) is 30.5 Å². The summed E-state index contributed by atoms with van der Waals surface area (Å²) in [5, 5.41) is 1.03. The molecule has 0 atom stereocenters. The van der Waals surface area contributed by atoms with E-state index in [2.05, 4.69) is 4.98 Å². The molecule has 2 rings (SSSR count). The largest absolute Gasteiger partial charge is 0.495 e. The van der Waals surface area contributed by atoms with E-state index < -0.39 is 0 Å². The van der Waals surface area contributed by atoms with Gasteiger partial charge >= 0.3 is 0 Å². The molecule has 1 aromatic heterocycles. The number of methoxy groups -OCH3 is 1. The molecule has 0 unspecified atom stereocenters. The summed E-state index contributed by atoms with van der Waals surface area (Å²) in [4.78, 5) is 4.20. The highest BCUT2D eigenvalue weighted by Crippen LogP contribution is 2.26. The molecule has 0 spiro atoms. The van der Waals surface area contributed by atoms with Crippen LogP contribution in [-0.2, 0) is 0 Å². The van der Waals surface area contributed by atoms with Crippen molar-refractivity contribution in [2.24, 2.45) is 0 Å². The van der Waals surface area contributed by atoms with Crippen molar-refractivity contribution in [2.45, 2.75) is 0 Å². The van der Waals surface area contributed by atoms with Gasteiger partial charge in [-0.2, -0.15) is 0 Å². The first-order valence-electron chi connectivity index (χ1n) is 3.99. The predicted molar refractivity (Wildman–Crippen MR) is 52.7 cm³/mol. The third-order valence-electron chi connectivity index (χ3n) is 1.95. The van der Waals surface area contributed by atoms with Gasteiger partial charge in [0, 0.05) is 17.6 Å². The number of hydrogen-bond donors (Lipinski definition) is 1. The molecule has 0 amide bonds. The summed E-state index contributed by atoms with van der Waals surface area (Å²) in [7, 11) is 1.60. The van der Waals surface area contributed by atoms with E-state index in [1.807, 2.05) is 24.3 Å². The van der Waals surface area contributed by atoms with Crippen LogP contribution in [-0.4, -0.2) is 12.1 Å². The van der Waals surface area contributed by atoms with Crippen LogP contribution in [0.2, 0.25) is 0 Å². The van der Waals surface area contributed by atoms with Crippen LogP contribution in [0, 0.1) is 0 Å². The van der Waals surface area contributed by atoms with Crippen molar-refractivity contribution in [3.8, 4) is 5.75 Å². The van der Waals surface area contributed by atoms with Crippen LogP contribution in [0.3, 0.4) is 0 Å². The SMILES string of the molecule is COc1cc2ncccc2cc1N. The predicted octanol–water partition coefficient (Wildman–Crippen LogP) is 1.83. The van der Waals surface area contributed by atoms with Crippen LogP contribution < -0.4 is 10.5 Å². The second kappa shape index (κ2) is 2.94. The first-order chi connectivity index (χ1) is 6.31. The third-order valence-corrected chi connectivity index (χ3v) is 1.95. The fourth-order valence-corrected chi connectivity index (χ4v) is 1.30. The Hall–Kier alpha value is -1.77. The summed E-state index contributed by atoms with van der Waals surface area (Å²) in [6.07, 6.45) is 1.75. The average Bonchev–Trinajstić information content (AvgIpc) is 2.17. The molecule has 0 aliphatic rings. The van der Waals surface area contributed by atoms with Gasteiger partial charge in [0.2, 0.25) is 0 Å². The molecule has 0 saturated heterocycles. The maximum absolute atomic E-state index is 5.74. The van der Waals surface area contributed by atoms with Gasteiger partial charge in [0.1, 0.15) is 5.75 Å². The molecule has 0 bridgehead atoms. The lowest BCUT2D eigenvalue weighted by atomic mass is 10.2. The van der Waals surface area contributed by atoms with Gasteiger partial charge in [0.05, 0.1) is 18.3 Å². The fraction of sp³-hybridized carbons (Fsp3) is 0.100. The number of nitrogen functional groups attached to an aromatic ring is 1. The number of aromatic nitrogens is 1. The normalized spacial score (nSPS) is 10.2. The zero-order chi connectivity index (χ0) is 9.26. The lowest BCUT2D eigenvalue weighted by Crippen LogP contribution is -1.92. The van der Waals surface area contributed by atoms with E-state index in [9.17, 15) is 0 Å². The highest BCUT2D eigenvalue weighted by atomic mass is 16.5. The van der Waals surface area contributed by atoms with Gasteiger partial charge in [-0.1, -0.05) is 6.07 Å². The van der Waals surface area contributed by atoms with Crippen LogP contribution in [0.25, 0.3) is 10.9 Å². The number of nitrogens with two attached hydrogens (primary N) is 1. The van der Waals surface area contributed by atoms with E-state index in [0.29, 0.717) is 11.4 Å². The zero-order valence-corrected chi connectivity index (χ0v) is 7.32. The molecule has 13 heavy (non-hydrogen) atoms. The summed E-state index contributed by atoms with van der Waals surface area (Å²) in [6, 6.07) is 7.55. The number of ether oxygens (including phenoxy) is 1. The van der Waals surface area contributed by atoms with Gasteiger partial charge in [-0.3, -0.25) is 4.98 Å². The number of hydrogen-bond acceptors (Lipinski definition) is 3. The van der Waals surface area contributed by atoms with Gasteiger partial charge in [0.15, 0.2) is 0 Å². The minimum atomic E-state index is 0.642. The molecule has 0 radical (unpaired) electrons. The Kier molecular flexibility index (Phi) is 1.77. The highest BCUT2D eigenvalue weighted by molar-refractivity contribution is 5.84. The summed E-state index contributed by atoms with van der Waals surface area (Å²) in [6.45, 7) is 0. The fourth-order valence-electron chi connectivity index (χ4n) is 1.30. The minimum absolute atomic E-state index is 0.642. The lowest BCUT2D eigenvalue weighted by molar-refractivity contribution is 0.417. The number of benzene rings is 1. The molecule has 3 nitrogen and oxygen atoms in total. The smallest absolute Gasteiger partial charge is 0.143 e. The van der Waals surface area contributed by atoms with Gasteiger partial charge in [-0.05, 0) is 12.1 Å². The molecule has 0 aliphatic heterocycles. The summed E-state index contributed by atoms with van der Waals surface area (Å²) in [5.74, 6) is 0.672. The first kappa shape index (κ1) is 7.86. The second-order valence-electron chi connectivity index (χ2n) is 2.79. The van der Waals surface area contributed by atoms with Crippen LogP contribution >= 0.6 is 0 Å². The third kappa shape index (κ3) is 1.28. The first-order valence-corrected chi connectivity index (χ1v) is 3.99. The van der Waals surface area contributed by atoms with Crippen molar-refractivity contribution >= 4 is 16.6 Å². The minimum Gasteiger partial charge on any atom is -0.495 e. The Morgan fingerprint density at radius 3 is 3.00 bits per heavy atom. The average molecular weight is 174 g/mol. The topological polar surface area (TPSA) is 48.1 Å². The molecule has 2 aromatic rings. The molecule has 0 fully saturated rings. The van der Waals surface area contributed by atoms with E-state index >= 15 is 0 Å². The number of rotatable bonds is 1. The summed E-state index contributed by atoms with van der Waals surface area (Å²) in [5.41, 5.74) is 7.28. The Labute approximate surface area is 76.2 Å². The molecular weight excluding hydrogens is 164 g/mol. The Balaban J connectivity index is 2.74. The van der Waals surface area contributed by atoms with Gasteiger partial charge in [-0.25, -0.2) is 0 Å². The molecule has 0 aliphatic carbocycles. The number of anilines is 1. The maximum atomic E-state index is 5.74. The molecule has 1 aromatic carbocycles. The van der Waals surface area contributed by atoms with Crippen LogP contribution in [0.4, 0.5) is 5.69 Å². The van der Waals surface area contributed by atoms with Crippen molar-refractivity contribution < 1.29 is 4.74 Å². The molecular formula is C10H10N2O. The summed E-state index contributed by atoms with van der Waals surface area (Å²) < 4.78 is 5.09. The second-order valence-corrected chi connectivity index (χ2v) is 2.79. The van der Waals surface area contributed by atoms with Crippen molar-refractivity contribution in [3.63, 3.8) is 0 Å². The van der Waals surface area contributed by atoms with Crippen molar-refractivity contribution in [1.82, 2.24) is 4.98 Å². The van der Waals surface area contributed by atoms with Crippen LogP contribution in [0.1, 0.15) is 0 Å². The molecule has 1 heterocycles. The van der Waals surface area contributed by atoms with Crippen molar-refractivity contribution in [3.05, 3.63) is 30.5 Å². The number of nitrogens with zero attached hydrogens (tertiary/aromatic N) is 1. The van der Waals surface area contributed by atoms with E-state index in [0.717, 1.165) is 10.9 Å². The molecule has 2 N–H and O–H groups in total. The zero-order valence-electron chi connectivity index (χ0n) is 7.32. The monoisotopic (exact) mass is 174 g/mol. The maximum Gasteiger partial charge on any atom is 0.143 e. The van der Waals surface area contributed by atoms with Crippen molar-refractivity contribution in [2.75, 3.05) is 12.8 Å². The van der Waals surface area contributed by atoms with E-state index in [1.54, 1.807) is 13.3 Å². The quantitative estimate of drug-likeness (QED) is 0.671. The van der Waals surface area contributed by atoms with E-state index in [4.69, 9.17) is 10.5 Å². The molecule has 0 saturated carbocycles. The molecule has 66 valence electrons. The Morgan fingerprint density at radius 1 is 1.38 bits per heavy atom. The number of fused-ring (bicyclic) bond motifs is 1. The highest BCUT2D eigenvalue weighted by Gasteiger charge is 2.01. The summed E-state index contributed by atoms with van der Waals surface area (Å²) >= 11 is 0. The van der Waals surface area contributed by atoms with Crippen LogP contribution in [0.5, 0.6) is 5.75 Å². The lowest BCUT2D eigenvalue weighted by Gasteiger charge is -2.05. The molecule has 3 heteroatoms. The number of pyridine rings is 1.